The molecule has 0 saturated carbocycles. The lowest BCUT2D eigenvalue weighted by Gasteiger charge is -2.30. The fraction of sp³-hybridized carbons (Fsp3) is 0.462. The molecule has 184 valence electrons. The van der Waals surface area contributed by atoms with E-state index < -0.39 is 24.0 Å². The average molecular weight is 490 g/mol. The number of ether oxygens (including phenoxy) is 3. The highest BCUT2D eigenvalue weighted by Crippen LogP contribution is 2.34. The molecule has 0 aliphatic rings. The number of aromatic nitrogens is 1. The number of nitrogens with zero attached hydrogens (tertiary/aromatic N) is 1. The molecule has 1 aromatic carbocycles. The van der Waals surface area contributed by atoms with Gasteiger partial charge in [-0.15, -0.1) is 0 Å². The fourth-order valence-corrected chi connectivity index (χ4v) is 4.43. The van der Waals surface area contributed by atoms with E-state index in [4.69, 9.17) is 26.4 Å². The van der Waals surface area contributed by atoms with Crippen molar-refractivity contribution in [2.24, 2.45) is 11.8 Å². The Kier molecular flexibility index (Phi) is 9.67. The predicted octanol–water partition coefficient (Wildman–Crippen LogP) is 5.58. The molecule has 0 radical (unpaired) electrons. The molecule has 0 unspecified atom stereocenters. The van der Waals surface area contributed by atoms with Crippen molar-refractivity contribution in [1.29, 1.82) is 0 Å². The second kappa shape index (κ2) is 12.0. The normalized spacial score (nSPS) is 13.7. The van der Waals surface area contributed by atoms with Crippen LogP contribution in [0, 0.1) is 24.6 Å². The molecular formula is C26H32FNO5S. The van der Waals surface area contributed by atoms with Gasteiger partial charge in [0.1, 0.15) is 17.6 Å². The lowest BCUT2D eigenvalue weighted by atomic mass is 9.82. The molecule has 0 bridgehead atoms. The van der Waals surface area contributed by atoms with Gasteiger partial charge in [-0.05, 0) is 49.4 Å². The summed E-state index contributed by atoms with van der Waals surface area (Å²) >= 11 is 5.52. The van der Waals surface area contributed by atoms with Crippen LogP contribution < -0.4 is 9.47 Å². The van der Waals surface area contributed by atoms with Gasteiger partial charge in [0.15, 0.2) is 11.5 Å². The summed E-state index contributed by atoms with van der Waals surface area (Å²) in [5.41, 5.74) is 2.05. The van der Waals surface area contributed by atoms with Crippen LogP contribution in [0.25, 0.3) is 0 Å². The quantitative estimate of drug-likeness (QED) is 0.245. The predicted molar refractivity (Wildman–Crippen MR) is 132 cm³/mol. The first kappa shape index (κ1) is 27.4. The lowest BCUT2D eigenvalue weighted by molar-refractivity contribution is -0.154. The minimum absolute atomic E-state index is 0.0979. The number of hydrogen-bond acceptors (Lipinski definition) is 7. The average Bonchev–Trinajstić information content (AvgIpc) is 2.74. The van der Waals surface area contributed by atoms with E-state index in [1.54, 1.807) is 19.1 Å². The molecule has 2 rings (SSSR count). The molecule has 8 heteroatoms. The summed E-state index contributed by atoms with van der Waals surface area (Å²) in [5.74, 6) is -1.28. The third-order valence-corrected chi connectivity index (χ3v) is 5.97. The van der Waals surface area contributed by atoms with Gasteiger partial charge < -0.3 is 14.2 Å². The largest absolute Gasteiger partial charge is 0.493 e. The van der Waals surface area contributed by atoms with Gasteiger partial charge >= 0.3 is 11.9 Å². The van der Waals surface area contributed by atoms with Crippen molar-refractivity contribution < 1.29 is 28.2 Å². The van der Waals surface area contributed by atoms with Gasteiger partial charge in [0.05, 0.1) is 13.0 Å². The Hall–Kier alpha value is -2.87. The Morgan fingerprint density at radius 3 is 2.38 bits per heavy atom. The molecule has 0 saturated heterocycles. The first-order valence-corrected chi connectivity index (χ1v) is 11.6. The van der Waals surface area contributed by atoms with E-state index in [0.29, 0.717) is 10.6 Å². The van der Waals surface area contributed by atoms with E-state index in [9.17, 15) is 14.0 Å². The van der Waals surface area contributed by atoms with Crippen LogP contribution in [0.1, 0.15) is 63.8 Å². The van der Waals surface area contributed by atoms with Crippen LogP contribution in [-0.2, 0) is 14.3 Å². The summed E-state index contributed by atoms with van der Waals surface area (Å²) in [6, 6.07) is 6.23. The molecule has 0 spiro atoms. The molecule has 1 heterocycles. The lowest BCUT2D eigenvalue weighted by Crippen LogP contribution is -2.30. The van der Waals surface area contributed by atoms with E-state index >= 15 is 0 Å². The SMILES string of the molecule is COc1ccnc(C(=S)C[C@@H](C)C(=O)O[C@@H](C)[C@H](c2ccc(F)cc2C)C(C)C)c1OC(C)=O. The number of benzene rings is 1. The van der Waals surface area contributed by atoms with Crippen LogP contribution in [0.4, 0.5) is 4.39 Å². The number of thiocarbonyl (C=S) groups is 1. The molecule has 0 aliphatic carbocycles. The molecule has 6 nitrogen and oxygen atoms in total. The van der Waals surface area contributed by atoms with Crippen LogP contribution in [0.15, 0.2) is 30.5 Å². The monoisotopic (exact) mass is 489 g/mol. The molecule has 0 fully saturated rings. The third kappa shape index (κ3) is 6.82. The highest BCUT2D eigenvalue weighted by molar-refractivity contribution is 7.80. The van der Waals surface area contributed by atoms with Gasteiger partial charge in [-0.25, -0.2) is 4.39 Å². The van der Waals surface area contributed by atoms with Crippen LogP contribution in [0.2, 0.25) is 0 Å². The molecular weight excluding hydrogens is 457 g/mol. The summed E-state index contributed by atoms with van der Waals surface area (Å²) in [6.07, 6.45) is 1.24. The maximum absolute atomic E-state index is 13.6. The highest BCUT2D eigenvalue weighted by Gasteiger charge is 2.30. The molecule has 34 heavy (non-hydrogen) atoms. The van der Waals surface area contributed by atoms with Crippen LogP contribution in [0.5, 0.6) is 11.5 Å². The first-order valence-electron chi connectivity index (χ1n) is 11.2. The number of hydrogen-bond donors (Lipinski definition) is 0. The summed E-state index contributed by atoms with van der Waals surface area (Å²) < 4.78 is 29.9. The molecule has 1 aromatic heterocycles. The van der Waals surface area contributed by atoms with E-state index in [2.05, 4.69) is 4.98 Å². The van der Waals surface area contributed by atoms with Gasteiger partial charge in [0.25, 0.3) is 0 Å². The zero-order valence-corrected chi connectivity index (χ0v) is 21.5. The Balaban J connectivity index is 2.16. The number of halogens is 1. The van der Waals surface area contributed by atoms with Crippen LogP contribution in [0.3, 0.4) is 0 Å². The summed E-state index contributed by atoms with van der Waals surface area (Å²) in [4.78, 5) is 29.1. The Labute approximate surface area is 205 Å². The molecule has 0 N–H and O–H groups in total. The van der Waals surface area contributed by atoms with Crippen molar-refractivity contribution in [2.75, 3.05) is 7.11 Å². The molecule has 2 aromatic rings. The standard InChI is InChI=1S/C26H32FNO5S/c1-14(2)23(20-9-8-19(27)12-15(20)3)17(5)32-26(30)16(4)13-22(34)24-25(33-18(6)29)21(31-7)10-11-28-24/h8-12,14,16-17,23H,13H2,1-7H3/t16-,17+,23-/m1/s1. The first-order chi connectivity index (χ1) is 16.0. The zero-order chi connectivity index (χ0) is 25.6. The number of esters is 2. The minimum atomic E-state index is -0.560. The van der Waals surface area contributed by atoms with E-state index in [1.165, 1.54) is 32.4 Å². The van der Waals surface area contributed by atoms with Gasteiger partial charge in [0, 0.05) is 30.0 Å². The van der Waals surface area contributed by atoms with Crippen molar-refractivity contribution in [1.82, 2.24) is 4.98 Å². The van der Waals surface area contributed by atoms with Gasteiger partial charge in [-0.3, -0.25) is 14.6 Å². The zero-order valence-electron chi connectivity index (χ0n) is 20.7. The van der Waals surface area contributed by atoms with E-state index in [1.807, 2.05) is 27.7 Å². The maximum atomic E-state index is 13.6. The summed E-state index contributed by atoms with van der Waals surface area (Å²) in [5, 5.41) is 0. The number of carbonyl (C=O) groups excluding carboxylic acids is 2. The molecule has 3 atom stereocenters. The second-order valence-electron chi connectivity index (χ2n) is 8.73. The number of methoxy groups -OCH3 is 1. The van der Waals surface area contributed by atoms with Gasteiger partial charge in [-0.2, -0.15) is 0 Å². The van der Waals surface area contributed by atoms with Gasteiger partial charge in [-0.1, -0.05) is 39.1 Å². The summed E-state index contributed by atoms with van der Waals surface area (Å²) in [7, 11) is 1.45. The molecule has 0 amide bonds. The third-order valence-electron chi connectivity index (χ3n) is 5.61. The number of rotatable bonds is 10. The maximum Gasteiger partial charge on any atom is 0.309 e. The Morgan fingerprint density at radius 1 is 1.15 bits per heavy atom. The smallest absolute Gasteiger partial charge is 0.309 e. The van der Waals surface area contributed by atoms with Crippen LogP contribution >= 0.6 is 12.2 Å². The van der Waals surface area contributed by atoms with Crippen molar-refractivity contribution >= 4 is 29.0 Å². The topological polar surface area (TPSA) is 74.7 Å². The Morgan fingerprint density at radius 2 is 1.82 bits per heavy atom. The van der Waals surface area contributed by atoms with Crippen molar-refractivity contribution in [3.05, 3.63) is 53.1 Å². The van der Waals surface area contributed by atoms with Crippen molar-refractivity contribution in [3.63, 3.8) is 0 Å². The van der Waals surface area contributed by atoms with Crippen molar-refractivity contribution in [2.45, 2.75) is 60.0 Å². The second-order valence-corrected chi connectivity index (χ2v) is 9.22. The fourth-order valence-electron chi connectivity index (χ4n) is 4.03. The minimum Gasteiger partial charge on any atom is -0.493 e. The highest BCUT2D eigenvalue weighted by atomic mass is 32.1. The Bertz CT molecular complexity index is 1060. The number of carbonyl (C=O) groups is 2. The van der Waals surface area contributed by atoms with Crippen LogP contribution in [-0.4, -0.2) is 35.0 Å². The van der Waals surface area contributed by atoms with Gasteiger partial charge in [0.2, 0.25) is 0 Å². The van der Waals surface area contributed by atoms with E-state index in [-0.39, 0.29) is 35.5 Å². The summed E-state index contributed by atoms with van der Waals surface area (Å²) in [6.45, 7) is 10.8. The number of aryl methyl sites for hydroxylation is 1. The molecule has 0 aliphatic heterocycles. The number of pyridine rings is 1. The van der Waals surface area contributed by atoms with E-state index in [0.717, 1.165) is 11.1 Å². The van der Waals surface area contributed by atoms with Crippen molar-refractivity contribution in [3.8, 4) is 11.5 Å².